The van der Waals surface area contributed by atoms with Crippen LogP contribution in [0.25, 0.3) is 0 Å². The number of benzene rings is 1. The summed E-state index contributed by atoms with van der Waals surface area (Å²) >= 11 is 0. The maximum Gasteiger partial charge on any atom is 0.282 e. The summed E-state index contributed by atoms with van der Waals surface area (Å²) in [6.45, 7) is -1.31. The van der Waals surface area contributed by atoms with Crippen LogP contribution in [0.1, 0.15) is 5.56 Å². The minimum Gasteiger partial charge on any atom is -0.488 e. The highest BCUT2D eigenvalue weighted by Crippen LogP contribution is 2.27. The van der Waals surface area contributed by atoms with Crippen molar-refractivity contribution in [1.29, 1.82) is 0 Å². The molecule has 0 radical (unpaired) electrons. The fraction of sp³-hybridized carbons (Fsp3) is 0.500. The lowest BCUT2D eigenvalue weighted by molar-refractivity contribution is -0.0484. The van der Waals surface area contributed by atoms with E-state index < -0.39 is 19.1 Å². The van der Waals surface area contributed by atoms with E-state index in [4.69, 9.17) is 9.84 Å². The molecule has 0 spiro atoms. The lowest BCUT2D eigenvalue weighted by Crippen LogP contribution is -2.40. The van der Waals surface area contributed by atoms with E-state index in [1.165, 1.54) is 0 Å². The summed E-state index contributed by atoms with van der Waals surface area (Å²) < 4.78 is 31.1. The van der Waals surface area contributed by atoms with Gasteiger partial charge in [-0.3, -0.25) is 0 Å². The number of hydrogen-bond donors (Lipinski definition) is 2. The summed E-state index contributed by atoms with van der Waals surface area (Å²) in [5, 5.41) is 11.0. The number of nitrogens with one attached hydrogen (secondary N) is 1. The third kappa shape index (κ3) is 3.14. The Bertz CT molecular complexity index is 360. The first-order chi connectivity index (χ1) is 8.11. The molecule has 0 fully saturated rings. The summed E-state index contributed by atoms with van der Waals surface area (Å²) in [7, 11) is 0. The number of hydrogen-bond acceptors (Lipinski definition) is 3. The molecule has 2 N–H and O–H groups in total. The third-order valence-corrected chi connectivity index (χ3v) is 2.70. The molecular weight excluding hydrogens is 228 g/mol. The van der Waals surface area contributed by atoms with E-state index in [2.05, 4.69) is 5.32 Å². The largest absolute Gasteiger partial charge is 0.488 e. The van der Waals surface area contributed by atoms with Gasteiger partial charge in [-0.05, 0) is 11.6 Å². The van der Waals surface area contributed by atoms with Crippen LogP contribution in [0.15, 0.2) is 24.3 Å². The molecule has 1 aliphatic heterocycles. The van der Waals surface area contributed by atoms with Crippen LogP contribution in [-0.4, -0.2) is 36.8 Å². The van der Waals surface area contributed by atoms with Gasteiger partial charge in [-0.15, -0.1) is 0 Å². The topological polar surface area (TPSA) is 41.5 Å². The van der Waals surface area contributed by atoms with Crippen molar-refractivity contribution in [3.05, 3.63) is 29.8 Å². The normalized spacial score (nSPS) is 18.9. The Labute approximate surface area is 98.4 Å². The summed E-state index contributed by atoms with van der Waals surface area (Å²) in [5.41, 5.74) is 1.10. The molecule has 1 atom stereocenters. The monoisotopic (exact) mass is 243 g/mol. The van der Waals surface area contributed by atoms with Crippen molar-refractivity contribution in [2.45, 2.75) is 18.4 Å². The van der Waals surface area contributed by atoms with Crippen molar-refractivity contribution < 1.29 is 18.6 Å². The Morgan fingerprint density at radius 3 is 2.88 bits per heavy atom. The Morgan fingerprint density at radius 1 is 1.41 bits per heavy atom. The predicted molar refractivity (Wildman–Crippen MR) is 59.5 cm³/mol. The van der Waals surface area contributed by atoms with Gasteiger partial charge in [-0.25, -0.2) is 8.78 Å². The van der Waals surface area contributed by atoms with Gasteiger partial charge in [0.05, 0.1) is 6.54 Å². The standard InChI is InChI=1S/C12H15F2NO2/c13-12(14,8-16)7-15-6-10-5-9-3-1-2-4-11(9)17-10/h1-4,10,15-16H,5-8H2. The summed E-state index contributed by atoms with van der Waals surface area (Å²) in [4.78, 5) is 0. The number of para-hydroxylation sites is 1. The number of ether oxygens (including phenoxy) is 1. The zero-order valence-electron chi connectivity index (χ0n) is 9.33. The first-order valence-electron chi connectivity index (χ1n) is 5.55. The fourth-order valence-electron chi connectivity index (χ4n) is 1.84. The molecule has 3 nitrogen and oxygen atoms in total. The van der Waals surface area contributed by atoms with Crippen molar-refractivity contribution in [2.75, 3.05) is 19.7 Å². The molecule has 0 amide bonds. The van der Waals surface area contributed by atoms with Gasteiger partial charge in [0.15, 0.2) is 0 Å². The van der Waals surface area contributed by atoms with Crippen LogP contribution < -0.4 is 10.1 Å². The molecule has 94 valence electrons. The average molecular weight is 243 g/mol. The van der Waals surface area contributed by atoms with Gasteiger partial charge in [0.25, 0.3) is 5.92 Å². The predicted octanol–water partition coefficient (Wildman–Crippen LogP) is 1.21. The maximum atomic E-state index is 12.7. The highest BCUT2D eigenvalue weighted by atomic mass is 19.3. The fourth-order valence-corrected chi connectivity index (χ4v) is 1.84. The molecular formula is C12H15F2NO2. The summed E-state index contributed by atoms with van der Waals surface area (Å²) in [5.74, 6) is -2.24. The zero-order valence-corrected chi connectivity index (χ0v) is 9.33. The molecule has 17 heavy (non-hydrogen) atoms. The third-order valence-electron chi connectivity index (χ3n) is 2.70. The van der Waals surface area contributed by atoms with Crippen LogP contribution in [-0.2, 0) is 6.42 Å². The minimum absolute atomic E-state index is 0.109. The van der Waals surface area contributed by atoms with E-state index in [9.17, 15) is 8.78 Å². The summed E-state index contributed by atoms with van der Waals surface area (Å²) in [6, 6.07) is 7.65. The minimum atomic E-state index is -3.06. The molecule has 1 aliphatic rings. The van der Waals surface area contributed by atoms with E-state index in [1.54, 1.807) is 0 Å². The van der Waals surface area contributed by atoms with Crippen LogP contribution in [0.5, 0.6) is 5.75 Å². The Kier molecular flexibility index (Phi) is 3.59. The Morgan fingerprint density at radius 2 is 2.18 bits per heavy atom. The summed E-state index contributed by atoms with van der Waals surface area (Å²) in [6.07, 6.45) is 0.621. The molecule has 1 heterocycles. The highest BCUT2D eigenvalue weighted by molar-refractivity contribution is 5.37. The van der Waals surface area contributed by atoms with E-state index in [-0.39, 0.29) is 6.10 Å². The molecule has 5 heteroatoms. The van der Waals surface area contributed by atoms with Crippen LogP contribution in [0.4, 0.5) is 8.78 Å². The lowest BCUT2D eigenvalue weighted by Gasteiger charge is -2.16. The van der Waals surface area contributed by atoms with Gasteiger partial charge in [-0.1, -0.05) is 18.2 Å². The van der Waals surface area contributed by atoms with Crippen LogP contribution in [0.2, 0.25) is 0 Å². The smallest absolute Gasteiger partial charge is 0.282 e. The second-order valence-corrected chi connectivity index (χ2v) is 4.20. The first kappa shape index (κ1) is 12.3. The molecule has 1 aromatic carbocycles. The lowest BCUT2D eigenvalue weighted by atomic mass is 10.1. The van der Waals surface area contributed by atoms with Crippen LogP contribution in [0.3, 0.4) is 0 Å². The van der Waals surface area contributed by atoms with Gasteiger partial charge in [-0.2, -0.15) is 0 Å². The number of alkyl halides is 2. The van der Waals surface area contributed by atoms with Crippen molar-refractivity contribution in [2.24, 2.45) is 0 Å². The van der Waals surface area contributed by atoms with E-state index in [0.717, 1.165) is 17.7 Å². The van der Waals surface area contributed by atoms with E-state index >= 15 is 0 Å². The SMILES string of the molecule is OCC(F)(F)CNCC1Cc2ccccc2O1. The number of halogens is 2. The number of fused-ring (bicyclic) bond motifs is 1. The van der Waals surface area contributed by atoms with Crippen molar-refractivity contribution >= 4 is 0 Å². The van der Waals surface area contributed by atoms with Gasteiger partial charge in [0.1, 0.15) is 18.5 Å². The molecule has 2 rings (SSSR count). The van der Waals surface area contributed by atoms with Crippen LogP contribution >= 0.6 is 0 Å². The van der Waals surface area contributed by atoms with Crippen molar-refractivity contribution in [1.82, 2.24) is 5.32 Å². The molecule has 0 saturated carbocycles. The number of aliphatic hydroxyl groups excluding tert-OH is 1. The molecule has 1 aromatic rings. The second kappa shape index (κ2) is 4.98. The van der Waals surface area contributed by atoms with Crippen molar-refractivity contribution in [3.8, 4) is 5.75 Å². The molecule has 0 aliphatic carbocycles. The number of aliphatic hydroxyl groups is 1. The molecule has 0 bridgehead atoms. The van der Waals surface area contributed by atoms with Gasteiger partial charge in [0, 0.05) is 13.0 Å². The van der Waals surface area contributed by atoms with Crippen LogP contribution in [0, 0.1) is 0 Å². The first-order valence-corrected chi connectivity index (χ1v) is 5.55. The van der Waals surface area contributed by atoms with Gasteiger partial charge < -0.3 is 15.2 Å². The quantitative estimate of drug-likeness (QED) is 0.816. The molecule has 0 saturated heterocycles. The molecule has 1 unspecified atom stereocenters. The van der Waals surface area contributed by atoms with Gasteiger partial charge >= 0.3 is 0 Å². The second-order valence-electron chi connectivity index (χ2n) is 4.20. The van der Waals surface area contributed by atoms with E-state index in [1.807, 2.05) is 24.3 Å². The van der Waals surface area contributed by atoms with E-state index in [0.29, 0.717) is 6.54 Å². The Balaban J connectivity index is 1.77. The zero-order chi connectivity index (χ0) is 12.3. The molecule has 0 aromatic heterocycles. The maximum absolute atomic E-state index is 12.7. The highest BCUT2D eigenvalue weighted by Gasteiger charge is 2.28. The van der Waals surface area contributed by atoms with Gasteiger partial charge in [0.2, 0.25) is 0 Å². The number of rotatable bonds is 5. The average Bonchev–Trinajstić information content (AvgIpc) is 2.71. The Hall–Kier alpha value is -1.20. The van der Waals surface area contributed by atoms with Crippen molar-refractivity contribution in [3.63, 3.8) is 0 Å².